The first-order valence-electron chi connectivity index (χ1n) is 5.37. The van der Waals surface area contributed by atoms with Crippen molar-refractivity contribution in [1.82, 2.24) is 0 Å². The maximum Gasteiger partial charge on any atom is 0.506 e. The van der Waals surface area contributed by atoms with E-state index in [9.17, 15) is 4.79 Å². The Labute approximate surface area is 99.9 Å². The first-order valence-corrected chi connectivity index (χ1v) is 5.37. The number of rotatable bonds is 7. The summed E-state index contributed by atoms with van der Waals surface area (Å²) in [5.74, 6) is 0.669. The first kappa shape index (κ1) is 13.3. The molecule has 1 rings (SSSR count). The van der Waals surface area contributed by atoms with Gasteiger partial charge in [-0.25, -0.2) is 4.79 Å². The van der Waals surface area contributed by atoms with Gasteiger partial charge in [0.1, 0.15) is 12.4 Å². The molecule has 0 radical (unpaired) electrons. The van der Waals surface area contributed by atoms with E-state index in [1.807, 2.05) is 25.1 Å². The Hall–Kier alpha value is -1.75. The third-order valence-corrected chi connectivity index (χ3v) is 1.95. The molecule has 0 aliphatic heterocycles. The van der Waals surface area contributed by atoms with Crippen LogP contribution in [0.4, 0.5) is 4.79 Å². The summed E-state index contributed by atoms with van der Waals surface area (Å²) in [6, 6.07) is 9.13. The fraction of sp³-hybridized carbons (Fsp3) is 0.417. The fourth-order valence-electron chi connectivity index (χ4n) is 1.21. The molecule has 0 aromatic heterocycles. The largest absolute Gasteiger partial charge is 0.506 e. The van der Waals surface area contributed by atoms with Gasteiger partial charge in [-0.05, 0) is 19.1 Å². The minimum atomic E-state index is -1.33. The van der Waals surface area contributed by atoms with Crippen molar-refractivity contribution in [2.45, 2.75) is 13.0 Å². The van der Waals surface area contributed by atoms with E-state index in [1.165, 1.54) is 0 Å². The second-order valence-corrected chi connectivity index (χ2v) is 3.29. The lowest BCUT2D eigenvalue weighted by Crippen LogP contribution is -2.29. The SMILES string of the molecule is CCOCC(COc1ccccc1)OC(=O)O. The zero-order valence-corrected chi connectivity index (χ0v) is 9.67. The third kappa shape index (κ3) is 5.77. The molecule has 0 spiro atoms. The number of hydrogen-bond donors (Lipinski definition) is 1. The lowest BCUT2D eigenvalue weighted by Gasteiger charge is -2.16. The molecule has 0 aliphatic carbocycles. The van der Waals surface area contributed by atoms with E-state index in [-0.39, 0.29) is 13.2 Å². The van der Waals surface area contributed by atoms with E-state index in [0.717, 1.165) is 0 Å². The Morgan fingerprint density at radius 1 is 1.29 bits per heavy atom. The smallest absolute Gasteiger partial charge is 0.490 e. The molecule has 0 bridgehead atoms. The van der Waals surface area contributed by atoms with Crippen LogP contribution in [0.1, 0.15) is 6.92 Å². The number of carboxylic acid groups (broad SMARTS) is 1. The number of carbonyl (C=O) groups is 1. The zero-order chi connectivity index (χ0) is 12.5. The van der Waals surface area contributed by atoms with Gasteiger partial charge in [-0.15, -0.1) is 0 Å². The van der Waals surface area contributed by atoms with Gasteiger partial charge in [-0.3, -0.25) is 0 Å². The molecule has 0 saturated heterocycles. The Kier molecular flexibility index (Phi) is 5.88. The van der Waals surface area contributed by atoms with Crippen LogP contribution < -0.4 is 4.74 Å². The van der Waals surface area contributed by atoms with E-state index >= 15 is 0 Å². The molecule has 1 aromatic carbocycles. The molecule has 94 valence electrons. The van der Waals surface area contributed by atoms with Crippen molar-refractivity contribution in [3.63, 3.8) is 0 Å². The van der Waals surface area contributed by atoms with Crippen LogP contribution in [0.3, 0.4) is 0 Å². The highest BCUT2D eigenvalue weighted by Crippen LogP contribution is 2.09. The molecule has 1 unspecified atom stereocenters. The van der Waals surface area contributed by atoms with Gasteiger partial charge in [0, 0.05) is 6.61 Å². The fourth-order valence-corrected chi connectivity index (χ4v) is 1.21. The van der Waals surface area contributed by atoms with Crippen molar-refractivity contribution in [2.75, 3.05) is 19.8 Å². The zero-order valence-electron chi connectivity index (χ0n) is 9.67. The molecule has 5 nitrogen and oxygen atoms in total. The van der Waals surface area contributed by atoms with Crippen LogP contribution in [-0.2, 0) is 9.47 Å². The molecule has 0 heterocycles. The summed E-state index contributed by atoms with van der Waals surface area (Å²) in [5.41, 5.74) is 0. The highest BCUT2D eigenvalue weighted by atomic mass is 16.7. The molecule has 17 heavy (non-hydrogen) atoms. The van der Waals surface area contributed by atoms with Gasteiger partial charge in [0.2, 0.25) is 0 Å². The maximum atomic E-state index is 10.5. The summed E-state index contributed by atoms with van der Waals surface area (Å²) < 4.78 is 15.2. The van der Waals surface area contributed by atoms with Crippen LogP contribution in [0.25, 0.3) is 0 Å². The molecule has 5 heteroatoms. The van der Waals surface area contributed by atoms with E-state index in [0.29, 0.717) is 12.4 Å². The van der Waals surface area contributed by atoms with Crippen molar-refractivity contribution in [3.05, 3.63) is 30.3 Å². The summed E-state index contributed by atoms with van der Waals surface area (Å²) >= 11 is 0. The Bertz CT molecular complexity index is 325. The van der Waals surface area contributed by atoms with Crippen molar-refractivity contribution < 1.29 is 24.1 Å². The van der Waals surface area contributed by atoms with Crippen LogP contribution in [0.15, 0.2) is 30.3 Å². The molecule has 1 N–H and O–H groups in total. The molecule has 0 amide bonds. The minimum Gasteiger partial charge on any atom is -0.490 e. The highest BCUT2D eigenvalue weighted by Gasteiger charge is 2.14. The average molecular weight is 240 g/mol. The summed E-state index contributed by atoms with van der Waals surface area (Å²) in [6.45, 7) is 2.66. The van der Waals surface area contributed by atoms with Crippen molar-refractivity contribution in [1.29, 1.82) is 0 Å². The molecule has 1 aromatic rings. The molecule has 0 saturated carbocycles. The van der Waals surface area contributed by atoms with Crippen molar-refractivity contribution in [3.8, 4) is 5.75 Å². The number of para-hydroxylation sites is 1. The highest BCUT2D eigenvalue weighted by molar-refractivity contribution is 5.57. The van der Waals surface area contributed by atoms with Gasteiger partial charge in [-0.1, -0.05) is 18.2 Å². The first-order chi connectivity index (χ1) is 8.22. The summed E-state index contributed by atoms with van der Waals surface area (Å²) in [7, 11) is 0. The van der Waals surface area contributed by atoms with E-state index < -0.39 is 12.3 Å². The summed E-state index contributed by atoms with van der Waals surface area (Å²) in [5, 5.41) is 8.55. The third-order valence-electron chi connectivity index (χ3n) is 1.95. The van der Waals surface area contributed by atoms with Gasteiger partial charge < -0.3 is 19.3 Å². The Morgan fingerprint density at radius 3 is 2.59 bits per heavy atom. The summed E-state index contributed by atoms with van der Waals surface area (Å²) in [6.07, 6.45) is -1.95. The summed E-state index contributed by atoms with van der Waals surface area (Å²) in [4.78, 5) is 10.5. The van der Waals surface area contributed by atoms with Crippen molar-refractivity contribution >= 4 is 6.16 Å². The Morgan fingerprint density at radius 2 is 2.00 bits per heavy atom. The van der Waals surface area contributed by atoms with Crippen LogP contribution >= 0.6 is 0 Å². The number of benzene rings is 1. The standard InChI is InChI=1S/C12H16O5/c1-2-15-8-11(17-12(13)14)9-16-10-6-4-3-5-7-10/h3-7,11H,2,8-9H2,1H3,(H,13,14). The second kappa shape index (κ2) is 7.51. The molecular formula is C12H16O5. The van der Waals surface area contributed by atoms with Gasteiger partial charge in [0.25, 0.3) is 0 Å². The lowest BCUT2D eigenvalue weighted by molar-refractivity contribution is -0.0177. The predicted octanol–water partition coefficient (Wildman–Crippen LogP) is 2.17. The minimum absolute atomic E-state index is 0.135. The van der Waals surface area contributed by atoms with Gasteiger partial charge in [-0.2, -0.15) is 0 Å². The van der Waals surface area contributed by atoms with E-state index in [4.69, 9.17) is 14.6 Å². The van der Waals surface area contributed by atoms with Gasteiger partial charge in [0.15, 0.2) is 6.10 Å². The predicted molar refractivity (Wildman–Crippen MR) is 61.3 cm³/mol. The van der Waals surface area contributed by atoms with E-state index in [1.54, 1.807) is 12.1 Å². The maximum absolute atomic E-state index is 10.5. The second-order valence-electron chi connectivity index (χ2n) is 3.29. The molecular weight excluding hydrogens is 224 g/mol. The normalized spacial score (nSPS) is 11.8. The van der Waals surface area contributed by atoms with Crippen LogP contribution in [0.2, 0.25) is 0 Å². The van der Waals surface area contributed by atoms with Crippen LogP contribution in [-0.4, -0.2) is 37.2 Å². The number of ether oxygens (including phenoxy) is 3. The Balaban J connectivity index is 2.40. The molecule has 0 aliphatic rings. The van der Waals surface area contributed by atoms with Crippen LogP contribution in [0, 0.1) is 0 Å². The topological polar surface area (TPSA) is 65.0 Å². The molecule has 0 fully saturated rings. The van der Waals surface area contributed by atoms with Gasteiger partial charge in [0.05, 0.1) is 6.61 Å². The monoisotopic (exact) mass is 240 g/mol. The lowest BCUT2D eigenvalue weighted by atomic mass is 10.3. The van der Waals surface area contributed by atoms with E-state index in [2.05, 4.69) is 4.74 Å². The molecule has 1 atom stereocenters. The number of hydrogen-bond acceptors (Lipinski definition) is 4. The van der Waals surface area contributed by atoms with Gasteiger partial charge >= 0.3 is 6.16 Å². The quantitative estimate of drug-likeness (QED) is 0.740. The average Bonchev–Trinajstić information content (AvgIpc) is 2.33. The van der Waals surface area contributed by atoms with Crippen molar-refractivity contribution in [2.24, 2.45) is 0 Å². The van der Waals surface area contributed by atoms with Crippen LogP contribution in [0.5, 0.6) is 5.75 Å².